The summed E-state index contributed by atoms with van der Waals surface area (Å²) in [5, 5.41) is 22.5. The number of aliphatic hydroxyl groups excluding tert-OH is 1. The second kappa shape index (κ2) is 13.1. The molecule has 7 nitrogen and oxygen atoms in total. The number of nitrogens with one attached hydrogen (secondary N) is 1. The van der Waals surface area contributed by atoms with Crippen LogP contribution in [0.2, 0.25) is 0 Å². The topological polar surface area (TPSA) is 107 Å². The number of halogens is 3. The number of alkyl halides is 3. The van der Waals surface area contributed by atoms with Crippen LogP contribution >= 0.6 is 11.8 Å². The number of sulfonamides is 1. The van der Waals surface area contributed by atoms with E-state index in [1.165, 1.54) is 12.6 Å². The Morgan fingerprint density at radius 3 is 2.38 bits per heavy atom. The Labute approximate surface area is 220 Å². The molecule has 12 heteroatoms. The van der Waals surface area contributed by atoms with E-state index in [0.29, 0.717) is 23.9 Å². The van der Waals surface area contributed by atoms with Gasteiger partial charge in [0.25, 0.3) is 0 Å². The molecule has 37 heavy (non-hydrogen) atoms. The van der Waals surface area contributed by atoms with Crippen LogP contribution in [-0.4, -0.2) is 66.4 Å². The number of carbonyl (C=O) groups is 1. The summed E-state index contributed by atoms with van der Waals surface area (Å²) < 4.78 is 66.9. The Balaban J connectivity index is 2.01. The van der Waals surface area contributed by atoms with Crippen molar-refractivity contribution in [3.8, 4) is 0 Å². The molecule has 0 unspecified atom stereocenters. The van der Waals surface area contributed by atoms with Gasteiger partial charge in [0.2, 0.25) is 10.0 Å². The maximum absolute atomic E-state index is 13.4. The van der Waals surface area contributed by atoms with Gasteiger partial charge in [-0.1, -0.05) is 30.3 Å². The number of rotatable bonds is 14. The third-order valence-corrected chi connectivity index (χ3v) is 8.43. The molecule has 206 valence electrons. The molecule has 0 saturated carbocycles. The van der Waals surface area contributed by atoms with Crippen LogP contribution in [0.5, 0.6) is 0 Å². The van der Waals surface area contributed by atoms with Crippen molar-refractivity contribution in [2.75, 3.05) is 25.9 Å². The van der Waals surface area contributed by atoms with Gasteiger partial charge < -0.3 is 15.5 Å². The Kier molecular flexibility index (Phi) is 11.0. The Morgan fingerprint density at radius 1 is 1.14 bits per heavy atom. The predicted molar refractivity (Wildman–Crippen MR) is 137 cm³/mol. The van der Waals surface area contributed by atoms with Gasteiger partial charge in [-0.15, -0.1) is 11.8 Å². The quantitative estimate of drug-likeness (QED) is 0.296. The van der Waals surface area contributed by atoms with Crippen LogP contribution in [0.3, 0.4) is 0 Å². The number of carboxylic acids is 1. The number of likely N-dealkylation sites (N-methyl/N-ethyl adjacent to an activating group) is 1. The zero-order valence-corrected chi connectivity index (χ0v) is 22.6. The van der Waals surface area contributed by atoms with Gasteiger partial charge in [-0.05, 0) is 56.9 Å². The number of aryl methyl sites for hydroxylation is 1. The minimum Gasteiger partial charge on any atom is -0.481 e. The maximum Gasteiger partial charge on any atom is 0.416 e. The smallest absolute Gasteiger partial charge is 0.416 e. The summed E-state index contributed by atoms with van der Waals surface area (Å²) in [7, 11) is -3.22. The molecular weight excluding hydrogens is 529 g/mol. The molecule has 2 aromatic carbocycles. The van der Waals surface area contributed by atoms with Gasteiger partial charge in [0.1, 0.15) is 0 Å². The fourth-order valence-electron chi connectivity index (χ4n) is 3.61. The second-order valence-corrected chi connectivity index (χ2v) is 12.5. The van der Waals surface area contributed by atoms with Crippen LogP contribution in [0, 0.1) is 0 Å². The van der Waals surface area contributed by atoms with Crippen molar-refractivity contribution in [3.63, 3.8) is 0 Å². The highest BCUT2D eigenvalue weighted by Crippen LogP contribution is 2.35. The van der Waals surface area contributed by atoms with Crippen LogP contribution in [0.4, 0.5) is 13.2 Å². The van der Waals surface area contributed by atoms with Gasteiger partial charge in [0.15, 0.2) is 0 Å². The number of aliphatic carboxylic acids is 1. The fraction of sp³-hybridized carbons (Fsp3) is 0.480. The molecule has 2 rings (SSSR count). The number of thioether (sulfide) groups is 1. The molecule has 0 fully saturated rings. The monoisotopic (exact) mass is 562 g/mol. The van der Waals surface area contributed by atoms with Crippen molar-refractivity contribution >= 4 is 27.8 Å². The summed E-state index contributed by atoms with van der Waals surface area (Å²) in [5.41, 5.74) is -0.302. The van der Waals surface area contributed by atoms with E-state index in [9.17, 15) is 31.5 Å². The van der Waals surface area contributed by atoms with Crippen LogP contribution in [0.1, 0.15) is 37.8 Å². The van der Waals surface area contributed by atoms with Gasteiger partial charge in [-0.25, -0.2) is 8.42 Å². The molecule has 0 aliphatic heterocycles. The van der Waals surface area contributed by atoms with Crippen molar-refractivity contribution in [1.29, 1.82) is 0 Å². The van der Waals surface area contributed by atoms with E-state index in [1.54, 1.807) is 0 Å². The first-order chi connectivity index (χ1) is 17.1. The first-order valence-corrected chi connectivity index (χ1v) is 14.0. The van der Waals surface area contributed by atoms with Gasteiger partial charge in [0.05, 0.1) is 22.3 Å². The zero-order valence-electron chi connectivity index (χ0n) is 21.0. The Bertz CT molecular complexity index is 1140. The van der Waals surface area contributed by atoms with Gasteiger partial charge in [-0.2, -0.15) is 17.5 Å². The molecule has 0 heterocycles. The summed E-state index contributed by atoms with van der Waals surface area (Å²) in [4.78, 5) is 10.1. The van der Waals surface area contributed by atoms with Crippen molar-refractivity contribution < 1.29 is 36.6 Å². The molecule has 2 aromatic rings. The van der Waals surface area contributed by atoms with Crippen LogP contribution in [0.15, 0.2) is 58.3 Å². The summed E-state index contributed by atoms with van der Waals surface area (Å²) in [6.45, 7) is 3.69. The molecule has 0 bridgehead atoms. The van der Waals surface area contributed by atoms with Crippen molar-refractivity contribution in [3.05, 3.63) is 59.7 Å². The summed E-state index contributed by atoms with van der Waals surface area (Å²) in [6, 6.07) is 12.3. The zero-order chi connectivity index (χ0) is 27.9. The Morgan fingerprint density at radius 2 is 1.78 bits per heavy atom. The first-order valence-electron chi connectivity index (χ1n) is 11.6. The van der Waals surface area contributed by atoms with E-state index in [-0.39, 0.29) is 23.5 Å². The fourth-order valence-corrected chi connectivity index (χ4v) is 5.68. The molecule has 0 spiro atoms. The number of hydrogen-bond acceptors (Lipinski definition) is 6. The van der Waals surface area contributed by atoms with E-state index < -0.39 is 44.5 Å². The van der Waals surface area contributed by atoms with E-state index in [2.05, 4.69) is 17.4 Å². The van der Waals surface area contributed by atoms with Crippen LogP contribution in [-0.2, 0) is 27.4 Å². The summed E-state index contributed by atoms with van der Waals surface area (Å²) in [5.74, 6) is -1.77. The lowest BCUT2D eigenvalue weighted by atomic mass is 9.95. The normalized spacial score (nSPS) is 13.6. The highest BCUT2D eigenvalue weighted by molar-refractivity contribution is 8.00. The lowest BCUT2D eigenvalue weighted by molar-refractivity contribution is -0.138. The average Bonchev–Trinajstić information content (AvgIpc) is 2.81. The SMILES string of the molecule is CN(C[C@H](O)CNC(C)(C)CCCc1ccccc1)S(=O)(=O)c1cc(SCC(=O)O)cc(C(F)(F)F)c1. The van der Waals surface area contributed by atoms with Gasteiger partial charge >= 0.3 is 12.1 Å². The third kappa shape index (κ3) is 10.3. The van der Waals surface area contributed by atoms with Gasteiger partial charge in [0, 0.05) is 30.6 Å². The van der Waals surface area contributed by atoms with E-state index in [4.69, 9.17) is 5.11 Å². The van der Waals surface area contributed by atoms with Crippen LogP contribution < -0.4 is 5.32 Å². The molecular formula is C25H33F3N2O5S2. The van der Waals surface area contributed by atoms with Gasteiger partial charge in [-0.3, -0.25) is 4.79 Å². The molecule has 0 aliphatic carbocycles. The van der Waals surface area contributed by atoms with E-state index in [0.717, 1.165) is 29.6 Å². The molecule has 0 amide bonds. The molecule has 3 N–H and O–H groups in total. The molecule has 1 atom stereocenters. The lowest BCUT2D eigenvalue weighted by Gasteiger charge is -2.29. The maximum atomic E-state index is 13.4. The molecule has 0 aliphatic rings. The number of nitrogens with zero attached hydrogens (tertiary/aromatic N) is 1. The average molecular weight is 563 g/mol. The number of aliphatic hydroxyl groups is 1. The number of β-amino-alcohol motifs (C(OH)–C–C–N with tert-alkyl or cyclic N) is 1. The molecule has 0 saturated heterocycles. The standard InChI is InChI=1S/C25H33F3N2O5S2/c1-24(2,11-7-10-18-8-5-4-6-9-18)29-15-20(31)16-30(3)37(34,35)22-13-19(25(26,27)28)12-21(14-22)36-17-23(32)33/h4-6,8-9,12-14,20,29,31H,7,10-11,15-17H2,1-3H3,(H,32,33)/t20-/m1/s1. The van der Waals surface area contributed by atoms with Crippen molar-refractivity contribution in [1.82, 2.24) is 9.62 Å². The lowest BCUT2D eigenvalue weighted by Crippen LogP contribution is -2.46. The molecule has 0 aromatic heterocycles. The Hall–Kier alpha value is -2.12. The van der Waals surface area contributed by atoms with Crippen molar-refractivity contribution in [2.24, 2.45) is 0 Å². The highest BCUT2D eigenvalue weighted by Gasteiger charge is 2.34. The summed E-state index contributed by atoms with van der Waals surface area (Å²) >= 11 is 0.589. The minimum absolute atomic E-state index is 0.0838. The first kappa shape index (κ1) is 31.1. The largest absolute Gasteiger partial charge is 0.481 e. The summed E-state index contributed by atoms with van der Waals surface area (Å²) in [6.07, 6.45) is -3.31. The number of carboxylic acid groups (broad SMARTS) is 1. The third-order valence-electron chi connectivity index (χ3n) is 5.67. The number of hydrogen-bond donors (Lipinski definition) is 3. The highest BCUT2D eigenvalue weighted by atomic mass is 32.2. The minimum atomic E-state index is -4.82. The van der Waals surface area contributed by atoms with E-state index in [1.807, 2.05) is 32.0 Å². The number of benzene rings is 2. The second-order valence-electron chi connectivity index (χ2n) is 9.42. The predicted octanol–water partition coefficient (Wildman–Crippen LogP) is 4.25. The van der Waals surface area contributed by atoms with Crippen molar-refractivity contribution in [2.45, 2.75) is 60.7 Å². The molecule has 0 radical (unpaired) electrons. The van der Waals surface area contributed by atoms with E-state index >= 15 is 0 Å². The van der Waals surface area contributed by atoms with Crippen LogP contribution in [0.25, 0.3) is 0 Å².